The molecule has 39 heavy (non-hydrogen) atoms. The highest BCUT2D eigenvalue weighted by atomic mass is 16.5. The fourth-order valence-corrected chi connectivity index (χ4v) is 4.17. The standard InChI is InChI=1S/C30H30N4O5/c1-20-11-15-22(16-12-20)30(38)39-24-17-13-21(14-18-24)19-31-34-29(37)28(36)33-26-10-6-5-9-25(26)27(35)32-23-7-3-2-4-8-23/h5-6,9-19,23H,2-4,7-8H2,1H3,(H,32,35)(H,33,36)(H,34,37). The molecular weight excluding hydrogens is 496 g/mol. The Kier molecular flexibility index (Phi) is 9.18. The molecule has 3 N–H and O–H groups in total. The summed E-state index contributed by atoms with van der Waals surface area (Å²) in [6, 6.07) is 20.2. The van der Waals surface area contributed by atoms with Gasteiger partial charge in [-0.3, -0.25) is 14.4 Å². The second kappa shape index (κ2) is 13.1. The van der Waals surface area contributed by atoms with Crippen LogP contribution in [-0.2, 0) is 9.59 Å². The van der Waals surface area contributed by atoms with Gasteiger partial charge in [-0.05, 0) is 73.9 Å². The number of carbonyl (C=O) groups is 4. The Bertz CT molecular complexity index is 1360. The maximum atomic E-state index is 12.8. The Morgan fingerprint density at radius 1 is 0.846 bits per heavy atom. The first kappa shape index (κ1) is 27.3. The van der Waals surface area contributed by atoms with E-state index in [1.165, 1.54) is 12.6 Å². The summed E-state index contributed by atoms with van der Waals surface area (Å²) in [7, 11) is 0. The molecule has 0 aliphatic heterocycles. The van der Waals surface area contributed by atoms with Gasteiger partial charge in [0.15, 0.2) is 0 Å². The molecule has 3 amide bonds. The highest BCUT2D eigenvalue weighted by Gasteiger charge is 2.21. The lowest BCUT2D eigenvalue weighted by Crippen LogP contribution is -2.37. The van der Waals surface area contributed by atoms with Crippen LogP contribution in [0.25, 0.3) is 0 Å². The molecule has 0 radical (unpaired) electrons. The molecule has 9 heteroatoms. The van der Waals surface area contributed by atoms with E-state index in [2.05, 4.69) is 21.2 Å². The summed E-state index contributed by atoms with van der Waals surface area (Å²) in [4.78, 5) is 49.7. The molecule has 1 saturated carbocycles. The summed E-state index contributed by atoms with van der Waals surface area (Å²) < 4.78 is 5.36. The number of aryl methyl sites for hydroxylation is 1. The highest BCUT2D eigenvalue weighted by Crippen LogP contribution is 2.20. The summed E-state index contributed by atoms with van der Waals surface area (Å²) in [6.07, 6.45) is 6.55. The first-order valence-corrected chi connectivity index (χ1v) is 12.8. The predicted octanol–water partition coefficient (Wildman–Crippen LogP) is 4.37. The van der Waals surface area contributed by atoms with E-state index in [0.717, 1.165) is 31.2 Å². The fraction of sp³-hybridized carbons (Fsp3) is 0.233. The van der Waals surface area contributed by atoms with E-state index >= 15 is 0 Å². The summed E-state index contributed by atoms with van der Waals surface area (Å²) in [5, 5.41) is 9.31. The number of nitrogens with one attached hydrogen (secondary N) is 3. The number of anilines is 1. The van der Waals surface area contributed by atoms with Crippen LogP contribution in [0.2, 0.25) is 0 Å². The van der Waals surface area contributed by atoms with Crippen molar-refractivity contribution in [2.24, 2.45) is 5.10 Å². The van der Waals surface area contributed by atoms with Crippen molar-refractivity contribution in [2.75, 3.05) is 5.32 Å². The Morgan fingerprint density at radius 3 is 2.26 bits per heavy atom. The molecular formula is C30H30N4O5. The van der Waals surface area contributed by atoms with Gasteiger partial charge in [0.25, 0.3) is 5.91 Å². The normalized spacial score (nSPS) is 13.5. The molecule has 0 bridgehead atoms. The van der Waals surface area contributed by atoms with Crippen molar-refractivity contribution in [3.8, 4) is 5.75 Å². The van der Waals surface area contributed by atoms with Crippen LogP contribution in [0, 0.1) is 6.92 Å². The molecule has 4 rings (SSSR count). The van der Waals surface area contributed by atoms with Gasteiger partial charge in [0.1, 0.15) is 5.75 Å². The maximum Gasteiger partial charge on any atom is 0.343 e. The first-order valence-electron chi connectivity index (χ1n) is 12.8. The molecule has 0 aromatic heterocycles. The molecule has 0 saturated heterocycles. The molecule has 9 nitrogen and oxygen atoms in total. The topological polar surface area (TPSA) is 126 Å². The number of para-hydroxylation sites is 1. The molecule has 0 atom stereocenters. The fourth-order valence-electron chi connectivity index (χ4n) is 4.17. The van der Waals surface area contributed by atoms with Crippen LogP contribution in [0.3, 0.4) is 0 Å². The third-order valence-corrected chi connectivity index (χ3v) is 6.32. The average molecular weight is 527 g/mol. The summed E-state index contributed by atoms with van der Waals surface area (Å²) in [5.41, 5.74) is 4.79. The summed E-state index contributed by atoms with van der Waals surface area (Å²) in [6.45, 7) is 1.93. The molecule has 1 aliphatic carbocycles. The van der Waals surface area contributed by atoms with E-state index in [-0.39, 0.29) is 23.2 Å². The van der Waals surface area contributed by atoms with Gasteiger partial charge in [-0.25, -0.2) is 10.2 Å². The van der Waals surface area contributed by atoms with Crippen LogP contribution in [0.1, 0.15) is 63.9 Å². The number of rotatable bonds is 7. The van der Waals surface area contributed by atoms with Crippen LogP contribution < -0.4 is 20.8 Å². The van der Waals surface area contributed by atoms with Gasteiger partial charge in [-0.1, -0.05) is 49.1 Å². The number of nitrogens with zero attached hydrogens (tertiary/aromatic N) is 1. The second-order valence-electron chi connectivity index (χ2n) is 9.33. The number of benzene rings is 3. The van der Waals surface area contributed by atoms with Gasteiger partial charge < -0.3 is 15.4 Å². The van der Waals surface area contributed by atoms with Gasteiger partial charge in [0.05, 0.1) is 23.0 Å². The van der Waals surface area contributed by atoms with Gasteiger partial charge in [-0.15, -0.1) is 0 Å². The van der Waals surface area contributed by atoms with E-state index in [1.54, 1.807) is 60.7 Å². The lowest BCUT2D eigenvalue weighted by atomic mass is 9.95. The number of hydrogen-bond donors (Lipinski definition) is 3. The van der Waals surface area contributed by atoms with Gasteiger partial charge in [0, 0.05) is 6.04 Å². The van der Waals surface area contributed by atoms with Gasteiger partial charge in [0.2, 0.25) is 0 Å². The number of carbonyl (C=O) groups excluding carboxylic acids is 4. The average Bonchev–Trinajstić information content (AvgIpc) is 2.95. The van der Waals surface area contributed by atoms with Crippen molar-refractivity contribution < 1.29 is 23.9 Å². The van der Waals surface area contributed by atoms with E-state index in [0.29, 0.717) is 16.9 Å². The number of hydrogen-bond acceptors (Lipinski definition) is 6. The number of amides is 3. The van der Waals surface area contributed by atoms with E-state index in [1.807, 2.05) is 19.1 Å². The number of hydrazone groups is 1. The Labute approximate surface area is 226 Å². The van der Waals surface area contributed by atoms with Crippen LogP contribution in [-0.4, -0.2) is 35.9 Å². The molecule has 0 spiro atoms. The zero-order valence-electron chi connectivity index (χ0n) is 21.6. The number of esters is 1. The van der Waals surface area contributed by atoms with Crippen LogP contribution in [0.15, 0.2) is 77.9 Å². The molecule has 3 aromatic carbocycles. The minimum atomic E-state index is -0.989. The second-order valence-corrected chi connectivity index (χ2v) is 9.33. The quantitative estimate of drug-likeness (QED) is 0.139. The Balaban J connectivity index is 1.28. The molecule has 3 aromatic rings. The SMILES string of the molecule is Cc1ccc(C(=O)Oc2ccc(C=NNC(=O)C(=O)Nc3ccccc3C(=O)NC3CCCCC3)cc2)cc1. The lowest BCUT2D eigenvalue weighted by Gasteiger charge is -2.23. The summed E-state index contributed by atoms with van der Waals surface area (Å²) in [5.74, 6) is -2.35. The molecule has 0 unspecified atom stereocenters. The van der Waals surface area contributed by atoms with Crippen LogP contribution in [0.4, 0.5) is 5.69 Å². The maximum absolute atomic E-state index is 12.8. The van der Waals surface area contributed by atoms with Crippen molar-refractivity contribution in [3.05, 3.63) is 95.1 Å². The third kappa shape index (κ3) is 7.85. The van der Waals surface area contributed by atoms with E-state index < -0.39 is 17.8 Å². The Morgan fingerprint density at radius 2 is 1.54 bits per heavy atom. The molecule has 1 fully saturated rings. The van der Waals surface area contributed by atoms with Crippen molar-refractivity contribution in [2.45, 2.75) is 45.1 Å². The van der Waals surface area contributed by atoms with Gasteiger partial charge >= 0.3 is 17.8 Å². The highest BCUT2D eigenvalue weighted by molar-refractivity contribution is 6.40. The largest absolute Gasteiger partial charge is 0.423 e. The zero-order valence-corrected chi connectivity index (χ0v) is 21.6. The first-order chi connectivity index (χ1) is 18.9. The van der Waals surface area contributed by atoms with Crippen LogP contribution in [0.5, 0.6) is 5.75 Å². The summed E-state index contributed by atoms with van der Waals surface area (Å²) >= 11 is 0. The van der Waals surface area contributed by atoms with Crippen molar-refractivity contribution in [1.82, 2.24) is 10.7 Å². The Hall–Kier alpha value is -4.79. The minimum absolute atomic E-state index is 0.113. The van der Waals surface area contributed by atoms with Crippen molar-refractivity contribution in [3.63, 3.8) is 0 Å². The molecule has 0 heterocycles. The lowest BCUT2D eigenvalue weighted by molar-refractivity contribution is -0.136. The van der Waals surface area contributed by atoms with E-state index in [9.17, 15) is 19.2 Å². The van der Waals surface area contributed by atoms with Crippen molar-refractivity contribution >= 4 is 35.6 Å². The number of ether oxygens (including phenoxy) is 1. The molecule has 1 aliphatic rings. The van der Waals surface area contributed by atoms with Crippen LogP contribution >= 0.6 is 0 Å². The smallest absolute Gasteiger partial charge is 0.343 e. The third-order valence-electron chi connectivity index (χ3n) is 6.32. The van der Waals surface area contributed by atoms with Crippen molar-refractivity contribution in [1.29, 1.82) is 0 Å². The molecule has 200 valence electrons. The van der Waals surface area contributed by atoms with Gasteiger partial charge in [-0.2, -0.15) is 5.10 Å². The predicted molar refractivity (Wildman–Crippen MR) is 148 cm³/mol. The zero-order chi connectivity index (χ0) is 27.6. The van der Waals surface area contributed by atoms with E-state index in [4.69, 9.17) is 4.74 Å². The monoisotopic (exact) mass is 526 g/mol. The minimum Gasteiger partial charge on any atom is -0.423 e.